The molecule has 0 saturated heterocycles. The number of carbonyl (C=O) groups is 2. The van der Waals surface area contributed by atoms with Crippen LogP contribution in [0.2, 0.25) is 10.0 Å². The summed E-state index contributed by atoms with van der Waals surface area (Å²) in [5, 5.41) is 16.1. The summed E-state index contributed by atoms with van der Waals surface area (Å²) in [6.07, 6.45) is -2.27. The van der Waals surface area contributed by atoms with Crippen LogP contribution in [-0.4, -0.2) is 35.7 Å². The van der Waals surface area contributed by atoms with Gasteiger partial charge in [0.15, 0.2) is 24.3 Å². The largest absolute Gasteiger partial charge is 0.484 e. The number of benzene rings is 2. The van der Waals surface area contributed by atoms with E-state index in [4.69, 9.17) is 32.7 Å². The second kappa shape index (κ2) is 11.0. The number of hydrogen-bond donors (Lipinski definition) is 3. The molecule has 0 fully saturated rings. The van der Waals surface area contributed by atoms with Gasteiger partial charge in [-0.3, -0.25) is 9.59 Å². The van der Waals surface area contributed by atoms with Crippen LogP contribution in [0.15, 0.2) is 42.6 Å². The maximum absolute atomic E-state index is 13.5. The summed E-state index contributed by atoms with van der Waals surface area (Å²) >= 11 is 11.7. The van der Waals surface area contributed by atoms with Crippen molar-refractivity contribution >= 4 is 35.0 Å². The van der Waals surface area contributed by atoms with Gasteiger partial charge in [0.1, 0.15) is 11.5 Å². The van der Waals surface area contributed by atoms with Gasteiger partial charge in [0.2, 0.25) is 0 Å². The van der Waals surface area contributed by atoms with Gasteiger partial charge in [-0.25, -0.2) is 8.78 Å². The van der Waals surface area contributed by atoms with E-state index in [1.807, 2.05) is 0 Å². The average Bonchev–Trinajstić information content (AvgIpc) is 2.75. The molecule has 0 bridgehead atoms. The van der Waals surface area contributed by atoms with Crippen LogP contribution in [0.1, 0.15) is 31.4 Å². The monoisotopic (exact) mass is 514 g/mol. The topological polar surface area (TPSA) is 96.9 Å². The van der Waals surface area contributed by atoms with Crippen molar-refractivity contribution in [1.29, 1.82) is 0 Å². The van der Waals surface area contributed by atoms with Gasteiger partial charge < -0.3 is 25.2 Å². The van der Waals surface area contributed by atoms with Gasteiger partial charge in [-0.15, -0.1) is 0 Å². The fourth-order valence-corrected chi connectivity index (χ4v) is 3.64. The normalized spacial score (nSPS) is 17.7. The lowest BCUT2D eigenvalue weighted by Crippen LogP contribution is -2.42. The van der Waals surface area contributed by atoms with E-state index in [-0.39, 0.29) is 36.5 Å². The number of hydrogen-bond acceptors (Lipinski definition) is 5. The first-order valence-corrected chi connectivity index (χ1v) is 11.0. The van der Waals surface area contributed by atoms with Gasteiger partial charge in [-0.2, -0.15) is 0 Å². The molecule has 1 aliphatic rings. The van der Waals surface area contributed by atoms with E-state index in [9.17, 15) is 23.5 Å². The van der Waals surface area contributed by atoms with Crippen LogP contribution in [0.5, 0.6) is 11.5 Å². The molecule has 3 unspecified atom stereocenters. The molecule has 1 aliphatic heterocycles. The zero-order chi connectivity index (χ0) is 25.0. The lowest BCUT2D eigenvalue weighted by atomic mass is 9.98. The highest BCUT2D eigenvalue weighted by Crippen LogP contribution is 2.36. The Kier molecular flexibility index (Phi) is 8.35. The Labute approximate surface area is 204 Å². The van der Waals surface area contributed by atoms with Crippen molar-refractivity contribution < 1.29 is 33.0 Å². The maximum atomic E-state index is 13.5. The van der Waals surface area contributed by atoms with E-state index < -0.39 is 41.7 Å². The molecule has 182 valence electrons. The number of ether oxygens (including phenoxy) is 2. The maximum Gasteiger partial charge on any atom is 0.265 e. The van der Waals surface area contributed by atoms with E-state index in [1.165, 1.54) is 6.07 Å². The van der Waals surface area contributed by atoms with E-state index >= 15 is 0 Å². The number of fused-ring (bicyclic) bond motifs is 1. The number of nitrogens with one attached hydrogen (secondary N) is 2. The first-order valence-electron chi connectivity index (χ1n) is 10.2. The van der Waals surface area contributed by atoms with Crippen LogP contribution in [-0.2, 0) is 9.59 Å². The highest BCUT2D eigenvalue weighted by atomic mass is 35.5. The lowest BCUT2D eigenvalue weighted by molar-refractivity contribution is -0.129. The van der Waals surface area contributed by atoms with Gasteiger partial charge in [-0.05, 0) is 25.1 Å². The Morgan fingerprint density at radius 1 is 1.24 bits per heavy atom. The molecule has 3 N–H and O–H groups in total. The Bertz CT molecular complexity index is 1120. The molecular formula is C23H22Cl2F2N2O5. The second-order valence-electron chi connectivity index (χ2n) is 7.79. The predicted molar refractivity (Wildman–Crippen MR) is 122 cm³/mol. The van der Waals surface area contributed by atoms with E-state index in [0.717, 1.165) is 12.1 Å². The minimum Gasteiger partial charge on any atom is -0.484 e. The highest BCUT2D eigenvalue weighted by molar-refractivity contribution is 6.42. The third kappa shape index (κ3) is 6.59. The Morgan fingerprint density at radius 3 is 2.65 bits per heavy atom. The van der Waals surface area contributed by atoms with Crippen molar-refractivity contribution in [2.75, 3.05) is 6.61 Å². The van der Waals surface area contributed by atoms with Crippen LogP contribution in [0, 0.1) is 11.6 Å². The molecule has 0 aromatic heterocycles. The minimum absolute atomic E-state index is 0.0706. The smallest absolute Gasteiger partial charge is 0.265 e. The molecule has 2 amide bonds. The molecule has 11 heteroatoms. The molecule has 0 spiro atoms. The molecule has 0 saturated carbocycles. The second-order valence-corrected chi connectivity index (χ2v) is 8.61. The molecule has 2 aromatic carbocycles. The molecule has 34 heavy (non-hydrogen) atoms. The SMILES string of the molecule is C=C(CC(C)NC(=O)COc1ccc(Cl)c(Cl)c1)NC(=O)C1CC(O)c2cc(F)c(F)cc2O1. The average molecular weight is 515 g/mol. The first-order chi connectivity index (χ1) is 16.0. The van der Waals surface area contributed by atoms with Crippen LogP contribution in [0.3, 0.4) is 0 Å². The fraction of sp³-hybridized carbons (Fsp3) is 0.304. The Balaban J connectivity index is 1.46. The van der Waals surface area contributed by atoms with Crippen molar-refractivity contribution in [3.05, 3.63) is 69.9 Å². The summed E-state index contributed by atoms with van der Waals surface area (Å²) in [6.45, 7) is 5.22. The van der Waals surface area contributed by atoms with Crippen LogP contribution in [0.25, 0.3) is 0 Å². The molecule has 3 atom stereocenters. The summed E-state index contributed by atoms with van der Waals surface area (Å²) in [6, 6.07) is 5.86. The number of carbonyl (C=O) groups excluding carboxylic acids is 2. The third-order valence-corrected chi connectivity index (χ3v) is 5.67. The van der Waals surface area contributed by atoms with Crippen molar-refractivity contribution in [2.45, 2.75) is 38.0 Å². The minimum atomic E-state index is -1.20. The highest BCUT2D eigenvalue weighted by Gasteiger charge is 2.33. The first kappa shape index (κ1) is 25.7. The zero-order valence-corrected chi connectivity index (χ0v) is 19.6. The number of rotatable bonds is 8. The van der Waals surface area contributed by atoms with Crippen LogP contribution in [0.4, 0.5) is 8.78 Å². The van der Waals surface area contributed by atoms with E-state index in [0.29, 0.717) is 15.8 Å². The van der Waals surface area contributed by atoms with Gasteiger partial charge >= 0.3 is 0 Å². The molecule has 7 nitrogen and oxygen atoms in total. The zero-order valence-electron chi connectivity index (χ0n) is 18.0. The van der Waals surface area contributed by atoms with Crippen molar-refractivity contribution in [2.24, 2.45) is 0 Å². The molecule has 0 radical (unpaired) electrons. The molecular weight excluding hydrogens is 493 g/mol. The number of halogens is 4. The molecule has 0 aliphatic carbocycles. The summed E-state index contributed by atoms with van der Waals surface area (Å²) in [4.78, 5) is 24.6. The molecule has 2 aromatic rings. The van der Waals surface area contributed by atoms with E-state index in [1.54, 1.807) is 19.1 Å². The number of aliphatic hydroxyl groups is 1. The van der Waals surface area contributed by atoms with Crippen LogP contribution >= 0.6 is 23.2 Å². The summed E-state index contributed by atoms with van der Waals surface area (Å²) < 4.78 is 37.7. The van der Waals surface area contributed by atoms with Crippen molar-refractivity contribution in [3.63, 3.8) is 0 Å². The van der Waals surface area contributed by atoms with Crippen molar-refractivity contribution in [3.8, 4) is 11.5 Å². The Hall–Kier alpha value is -2.88. The number of amides is 2. The van der Waals surface area contributed by atoms with Gasteiger partial charge in [0, 0.05) is 42.3 Å². The standard InChI is InChI=1S/C23H22Cl2F2N2O5/c1-11(28-22(31)10-33-13-3-4-15(24)16(25)6-13)5-12(2)29-23(32)21-9-19(30)14-7-17(26)18(27)8-20(14)34-21/h3-4,6-8,11,19,21,30H,2,5,9-10H2,1H3,(H,28,31)(H,29,32). The summed E-state index contributed by atoms with van der Waals surface area (Å²) in [7, 11) is 0. The summed E-state index contributed by atoms with van der Waals surface area (Å²) in [5.74, 6) is -3.00. The van der Waals surface area contributed by atoms with Gasteiger partial charge in [-0.1, -0.05) is 29.8 Å². The Morgan fingerprint density at radius 2 is 1.94 bits per heavy atom. The fourth-order valence-electron chi connectivity index (χ4n) is 3.36. The van der Waals surface area contributed by atoms with Crippen molar-refractivity contribution in [1.82, 2.24) is 10.6 Å². The van der Waals surface area contributed by atoms with Gasteiger partial charge in [0.25, 0.3) is 11.8 Å². The third-order valence-electron chi connectivity index (χ3n) is 4.93. The number of aliphatic hydroxyl groups excluding tert-OH is 1. The molecule has 1 heterocycles. The van der Waals surface area contributed by atoms with Crippen LogP contribution < -0.4 is 20.1 Å². The van der Waals surface area contributed by atoms with E-state index in [2.05, 4.69) is 17.2 Å². The predicted octanol–water partition coefficient (Wildman–Crippen LogP) is 4.06. The quantitative estimate of drug-likeness (QED) is 0.493. The molecule has 3 rings (SSSR count). The van der Waals surface area contributed by atoms with Gasteiger partial charge in [0.05, 0.1) is 16.1 Å². The summed E-state index contributed by atoms with van der Waals surface area (Å²) in [5.41, 5.74) is 0.360. The lowest BCUT2D eigenvalue weighted by Gasteiger charge is -2.29.